The van der Waals surface area contributed by atoms with E-state index >= 15 is 0 Å². The van der Waals surface area contributed by atoms with Gasteiger partial charge in [0.2, 0.25) is 5.91 Å². The minimum atomic E-state index is -0.286. The number of nitrogens with zero attached hydrogens (tertiary/aromatic N) is 2. The van der Waals surface area contributed by atoms with Crippen LogP contribution < -0.4 is 10.1 Å². The predicted octanol–water partition coefficient (Wildman–Crippen LogP) is 5.15. The second kappa shape index (κ2) is 7.54. The van der Waals surface area contributed by atoms with Gasteiger partial charge >= 0.3 is 0 Å². The van der Waals surface area contributed by atoms with Gasteiger partial charge < -0.3 is 10.1 Å². The summed E-state index contributed by atoms with van der Waals surface area (Å²) in [7, 11) is 0. The van der Waals surface area contributed by atoms with Gasteiger partial charge in [-0.2, -0.15) is 0 Å². The number of fused-ring (bicyclic) bond motifs is 2. The van der Waals surface area contributed by atoms with Gasteiger partial charge in [-0.1, -0.05) is 6.07 Å². The van der Waals surface area contributed by atoms with E-state index < -0.39 is 0 Å². The number of carbonyl (C=O) groups excluding carboxylic acids is 1. The van der Waals surface area contributed by atoms with Crippen LogP contribution in [0.4, 0.5) is 10.2 Å². The average Bonchev–Trinajstić information content (AvgIpc) is 3.69. The molecule has 3 aliphatic rings. The number of halogens is 1. The number of hydrogen-bond acceptors (Lipinski definition) is 4. The quantitative estimate of drug-likeness (QED) is 0.587. The molecule has 32 heavy (non-hydrogen) atoms. The van der Waals surface area contributed by atoms with Crippen molar-refractivity contribution < 1.29 is 13.9 Å². The van der Waals surface area contributed by atoms with E-state index in [1.165, 1.54) is 12.1 Å². The number of carbonyl (C=O) groups is 1. The van der Waals surface area contributed by atoms with Crippen molar-refractivity contribution in [2.45, 2.75) is 38.7 Å². The molecule has 3 saturated carbocycles. The number of ether oxygens (including phenoxy) is 1. The molecule has 164 valence electrons. The fraction of sp³-hybridized carbons (Fsp3) is 0.423. The van der Waals surface area contributed by atoms with Crippen LogP contribution in [0, 0.1) is 42.3 Å². The summed E-state index contributed by atoms with van der Waals surface area (Å²) in [6.45, 7) is 1.99. The molecule has 5 atom stereocenters. The zero-order valence-electron chi connectivity index (χ0n) is 18.0. The third-order valence-electron chi connectivity index (χ3n) is 7.44. The first kappa shape index (κ1) is 19.6. The van der Waals surface area contributed by atoms with Crippen molar-refractivity contribution >= 4 is 22.6 Å². The number of aromatic nitrogens is 2. The van der Waals surface area contributed by atoms with Crippen molar-refractivity contribution in [2.75, 3.05) is 5.32 Å². The van der Waals surface area contributed by atoms with Crippen molar-refractivity contribution in [3.05, 3.63) is 60.2 Å². The first-order valence-corrected chi connectivity index (χ1v) is 11.5. The van der Waals surface area contributed by atoms with E-state index in [2.05, 4.69) is 15.3 Å². The summed E-state index contributed by atoms with van der Waals surface area (Å²) in [4.78, 5) is 21.8. The maximum Gasteiger partial charge on any atom is 0.229 e. The van der Waals surface area contributed by atoms with E-state index in [1.54, 1.807) is 18.5 Å². The fourth-order valence-corrected chi connectivity index (χ4v) is 5.76. The van der Waals surface area contributed by atoms with E-state index in [0.29, 0.717) is 40.6 Å². The van der Waals surface area contributed by atoms with Crippen LogP contribution in [0.25, 0.3) is 10.9 Å². The molecule has 3 aliphatic carbocycles. The van der Waals surface area contributed by atoms with E-state index in [9.17, 15) is 9.18 Å². The zero-order valence-corrected chi connectivity index (χ0v) is 18.0. The Morgan fingerprint density at radius 2 is 1.94 bits per heavy atom. The molecule has 2 aromatic heterocycles. The van der Waals surface area contributed by atoms with Crippen LogP contribution in [0.1, 0.15) is 31.2 Å². The highest BCUT2D eigenvalue weighted by Gasteiger charge is 2.63. The van der Waals surface area contributed by atoms with Gasteiger partial charge in [-0.15, -0.1) is 0 Å². The summed E-state index contributed by atoms with van der Waals surface area (Å²) in [6.07, 6.45) is 7.79. The van der Waals surface area contributed by atoms with Gasteiger partial charge in [-0.05, 0) is 92.2 Å². The van der Waals surface area contributed by atoms with Crippen molar-refractivity contribution in [2.24, 2.45) is 29.6 Å². The Balaban J connectivity index is 1.12. The molecule has 0 aliphatic heterocycles. The summed E-state index contributed by atoms with van der Waals surface area (Å²) >= 11 is 0. The molecule has 1 aromatic carbocycles. The lowest BCUT2D eigenvalue weighted by molar-refractivity contribution is -0.121. The maximum absolute atomic E-state index is 13.7. The maximum atomic E-state index is 13.7. The van der Waals surface area contributed by atoms with Crippen molar-refractivity contribution in [1.29, 1.82) is 0 Å². The molecule has 0 saturated heterocycles. The van der Waals surface area contributed by atoms with Gasteiger partial charge in [-0.25, -0.2) is 9.37 Å². The minimum absolute atomic E-state index is 0.0740. The normalized spacial score (nSPS) is 27.1. The Hall–Kier alpha value is -3.02. The standard InChI is InChI=1S/C26H26FN3O2/c1-14-2-7-23(29-13-14)30-26(31)24(15-3-4-15)25-18-11-17(12-19(18)25)32-22-8-9-28-21-6-5-16(27)10-20(21)22/h2,5-10,13,15,17-19,24-25H,3-4,11-12H2,1H3,(H,29,30,31)/t17?,18-,19+,24?,25?. The second-order valence-corrected chi connectivity index (χ2v) is 9.66. The molecule has 0 radical (unpaired) electrons. The van der Waals surface area contributed by atoms with E-state index in [1.807, 2.05) is 25.1 Å². The summed E-state index contributed by atoms with van der Waals surface area (Å²) in [5.74, 6) is 3.25. The van der Waals surface area contributed by atoms with E-state index in [-0.39, 0.29) is 23.7 Å². The van der Waals surface area contributed by atoms with Crippen LogP contribution in [-0.4, -0.2) is 22.0 Å². The van der Waals surface area contributed by atoms with Gasteiger partial charge in [0.05, 0.1) is 11.6 Å². The summed E-state index contributed by atoms with van der Waals surface area (Å²) < 4.78 is 20.0. The molecule has 0 spiro atoms. The summed E-state index contributed by atoms with van der Waals surface area (Å²) in [6, 6.07) is 10.2. The lowest BCUT2D eigenvalue weighted by atomic mass is 9.91. The third-order valence-corrected chi connectivity index (χ3v) is 7.44. The van der Waals surface area contributed by atoms with Gasteiger partial charge in [0.15, 0.2) is 0 Å². The van der Waals surface area contributed by atoms with Gasteiger partial charge in [-0.3, -0.25) is 9.78 Å². The number of rotatable bonds is 6. The molecule has 2 heterocycles. The number of amides is 1. The molecular weight excluding hydrogens is 405 g/mol. The first-order chi connectivity index (χ1) is 15.6. The molecule has 1 N–H and O–H groups in total. The smallest absolute Gasteiger partial charge is 0.229 e. The van der Waals surface area contributed by atoms with Crippen LogP contribution in [-0.2, 0) is 4.79 Å². The highest BCUT2D eigenvalue weighted by molar-refractivity contribution is 5.92. The average molecular weight is 432 g/mol. The van der Waals surface area contributed by atoms with Gasteiger partial charge in [0.25, 0.3) is 0 Å². The molecule has 1 amide bonds. The van der Waals surface area contributed by atoms with Crippen molar-refractivity contribution in [1.82, 2.24) is 9.97 Å². The Morgan fingerprint density at radius 3 is 2.66 bits per heavy atom. The van der Waals surface area contributed by atoms with Crippen LogP contribution in [0.15, 0.2) is 48.8 Å². The number of aryl methyl sites for hydroxylation is 1. The van der Waals surface area contributed by atoms with E-state index in [4.69, 9.17) is 4.74 Å². The fourth-order valence-electron chi connectivity index (χ4n) is 5.76. The molecule has 6 rings (SSSR count). The number of nitrogens with one attached hydrogen (secondary N) is 1. The van der Waals surface area contributed by atoms with Crippen molar-refractivity contribution in [3.8, 4) is 5.75 Å². The van der Waals surface area contributed by atoms with Crippen LogP contribution >= 0.6 is 0 Å². The summed E-state index contributed by atoms with van der Waals surface area (Å²) in [5.41, 5.74) is 1.81. The molecule has 0 bridgehead atoms. The number of anilines is 1. The molecule has 3 fully saturated rings. The lowest BCUT2D eigenvalue weighted by Gasteiger charge is -2.22. The molecule has 3 unspecified atom stereocenters. The second-order valence-electron chi connectivity index (χ2n) is 9.66. The molecule has 5 nitrogen and oxygen atoms in total. The van der Waals surface area contributed by atoms with Crippen LogP contribution in [0.2, 0.25) is 0 Å². The molecule has 3 aromatic rings. The Kier molecular flexibility index (Phi) is 4.63. The highest BCUT2D eigenvalue weighted by Crippen LogP contribution is 2.64. The van der Waals surface area contributed by atoms with Crippen LogP contribution in [0.3, 0.4) is 0 Å². The Labute approximate surface area is 186 Å². The van der Waals surface area contributed by atoms with E-state index in [0.717, 1.165) is 36.8 Å². The number of benzene rings is 1. The summed E-state index contributed by atoms with van der Waals surface area (Å²) in [5, 5.41) is 3.77. The van der Waals surface area contributed by atoms with Crippen LogP contribution in [0.5, 0.6) is 5.75 Å². The molecular formula is C26H26FN3O2. The number of pyridine rings is 2. The topological polar surface area (TPSA) is 64.1 Å². The number of hydrogen-bond donors (Lipinski definition) is 1. The third kappa shape index (κ3) is 3.61. The highest BCUT2D eigenvalue weighted by atomic mass is 19.1. The monoisotopic (exact) mass is 431 g/mol. The largest absolute Gasteiger partial charge is 0.490 e. The first-order valence-electron chi connectivity index (χ1n) is 11.5. The molecule has 6 heteroatoms. The zero-order chi connectivity index (χ0) is 21.8. The SMILES string of the molecule is Cc1ccc(NC(=O)C(C2CC2)C2[C@H]3CC(Oc4ccnc5ccc(F)cc45)C[C@@H]23)nc1. The van der Waals surface area contributed by atoms with Crippen molar-refractivity contribution in [3.63, 3.8) is 0 Å². The minimum Gasteiger partial charge on any atom is -0.490 e. The van der Waals surface area contributed by atoms with Gasteiger partial charge in [0, 0.05) is 23.7 Å². The van der Waals surface area contributed by atoms with Gasteiger partial charge in [0.1, 0.15) is 17.4 Å². The predicted molar refractivity (Wildman–Crippen MR) is 120 cm³/mol. The lowest BCUT2D eigenvalue weighted by Crippen LogP contribution is -2.29. The Morgan fingerprint density at radius 1 is 1.12 bits per heavy atom. The Bertz CT molecular complexity index is 1170.